The molecule has 0 saturated heterocycles. The number of ether oxygens (including phenoxy) is 1. The molecule has 0 bridgehead atoms. The Morgan fingerprint density at radius 2 is 2.05 bits per heavy atom. The fraction of sp³-hybridized carbons (Fsp3) is 0.143. The molecule has 0 aromatic heterocycles. The van der Waals surface area contributed by atoms with Crippen molar-refractivity contribution in [3.05, 3.63) is 62.8 Å². The van der Waals surface area contributed by atoms with E-state index < -0.39 is 11.9 Å². The molecule has 2 rings (SSSR count). The second kappa shape index (κ2) is 5.90. The average molecular weight is 345 g/mol. The largest absolute Gasteiger partial charge is 0.494 e. The predicted molar refractivity (Wildman–Crippen MR) is 78.1 cm³/mol. The van der Waals surface area contributed by atoms with Crippen molar-refractivity contribution in [3.8, 4) is 5.75 Å². The summed E-state index contributed by atoms with van der Waals surface area (Å²) in [5, 5.41) is 0.585. The molecule has 1 atom stereocenters. The Morgan fingerprint density at radius 1 is 1.32 bits per heavy atom. The zero-order valence-corrected chi connectivity index (χ0v) is 12.5. The lowest BCUT2D eigenvalue weighted by Crippen LogP contribution is -2.14. The summed E-state index contributed by atoms with van der Waals surface area (Å²) in [6, 6.07) is 9.61. The van der Waals surface area contributed by atoms with Gasteiger partial charge in [0.1, 0.15) is 0 Å². The number of benzene rings is 2. The number of methoxy groups -OCH3 is 1. The highest BCUT2D eigenvalue weighted by atomic mass is 79.9. The van der Waals surface area contributed by atoms with Crippen LogP contribution in [0.15, 0.2) is 40.9 Å². The smallest absolute Gasteiger partial charge is 0.170 e. The molecule has 0 spiro atoms. The minimum absolute atomic E-state index is 0.181. The van der Waals surface area contributed by atoms with Gasteiger partial charge in [0.15, 0.2) is 11.6 Å². The average Bonchev–Trinajstić information content (AvgIpc) is 2.41. The maximum Gasteiger partial charge on any atom is 0.170 e. The Kier molecular flexibility index (Phi) is 4.45. The third kappa shape index (κ3) is 2.91. The van der Waals surface area contributed by atoms with Gasteiger partial charge in [-0.3, -0.25) is 0 Å². The van der Waals surface area contributed by atoms with E-state index in [1.165, 1.54) is 7.11 Å². The van der Waals surface area contributed by atoms with Gasteiger partial charge in [-0.2, -0.15) is 0 Å². The summed E-state index contributed by atoms with van der Waals surface area (Å²) in [6.45, 7) is 0. The van der Waals surface area contributed by atoms with Crippen LogP contribution in [-0.4, -0.2) is 7.11 Å². The maximum atomic E-state index is 14.1. The van der Waals surface area contributed by atoms with Crippen molar-refractivity contribution in [3.63, 3.8) is 0 Å². The van der Waals surface area contributed by atoms with Crippen LogP contribution in [0.3, 0.4) is 0 Å². The molecule has 1 unspecified atom stereocenters. The van der Waals surface area contributed by atoms with Crippen LogP contribution in [0, 0.1) is 5.82 Å². The minimum atomic E-state index is -0.580. The van der Waals surface area contributed by atoms with Gasteiger partial charge in [0.2, 0.25) is 0 Å². The zero-order valence-electron chi connectivity index (χ0n) is 10.2. The van der Waals surface area contributed by atoms with Gasteiger partial charge in [0, 0.05) is 10.0 Å². The Bertz CT molecular complexity index is 606. The molecule has 2 aromatic carbocycles. The number of hydrogen-bond donors (Lipinski definition) is 1. The third-order valence-corrected chi connectivity index (χ3v) is 4.06. The molecule has 100 valence electrons. The molecule has 19 heavy (non-hydrogen) atoms. The van der Waals surface area contributed by atoms with Gasteiger partial charge in [0.05, 0.1) is 18.2 Å². The normalized spacial score (nSPS) is 12.3. The highest BCUT2D eigenvalue weighted by molar-refractivity contribution is 9.10. The zero-order chi connectivity index (χ0) is 14.0. The second-order valence-electron chi connectivity index (χ2n) is 4.01. The Balaban J connectivity index is 2.43. The molecular weight excluding hydrogens is 333 g/mol. The van der Waals surface area contributed by atoms with Gasteiger partial charge in [0.25, 0.3) is 0 Å². The monoisotopic (exact) mass is 343 g/mol. The molecule has 0 fully saturated rings. The molecule has 0 aliphatic carbocycles. The molecule has 5 heteroatoms. The van der Waals surface area contributed by atoms with E-state index in [2.05, 4.69) is 15.9 Å². The summed E-state index contributed by atoms with van der Waals surface area (Å²) in [5.41, 5.74) is 7.25. The van der Waals surface area contributed by atoms with Gasteiger partial charge in [-0.25, -0.2) is 4.39 Å². The van der Waals surface area contributed by atoms with Crippen LogP contribution in [0.2, 0.25) is 5.02 Å². The van der Waals surface area contributed by atoms with Crippen molar-refractivity contribution in [1.82, 2.24) is 0 Å². The Labute approximate surface area is 124 Å². The topological polar surface area (TPSA) is 35.2 Å². The Hall–Kier alpha value is -1.10. The number of nitrogens with two attached hydrogens (primary N) is 1. The summed E-state index contributed by atoms with van der Waals surface area (Å²) in [6.07, 6.45) is 0. The van der Waals surface area contributed by atoms with Gasteiger partial charge >= 0.3 is 0 Å². The lowest BCUT2D eigenvalue weighted by molar-refractivity contribution is 0.383. The van der Waals surface area contributed by atoms with Crippen LogP contribution in [0.5, 0.6) is 5.75 Å². The molecule has 2 N–H and O–H groups in total. The first-order valence-electron chi connectivity index (χ1n) is 5.57. The molecule has 2 aromatic rings. The first-order valence-corrected chi connectivity index (χ1v) is 6.74. The van der Waals surface area contributed by atoms with Crippen molar-refractivity contribution >= 4 is 27.5 Å². The van der Waals surface area contributed by atoms with Gasteiger partial charge in [-0.05, 0) is 39.7 Å². The van der Waals surface area contributed by atoms with Crippen molar-refractivity contribution in [1.29, 1.82) is 0 Å². The number of halogens is 3. The number of rotatable bonds is 3. The lowest BCUT2D eigenvalue weighted by Gasteiger charge is -2.15. The molecule has 0 aliphatic rings. The molecule has 0 heterocycles. The molecule has 0 amide bonds. The summed E-state index contributed by atoms with van der Waals surface area (Å²) < 4.78 is 19.8. The number of hydrogen-bond acceptors (Lipinski definition) is 2. The Morgan fingerprint density at radius 3 is 2.68 bits per heavy atom. The fourth-order valence-corrected chi connectivity index (χ4v) is 2.33. The van der Waals surface area contributed by atoms with E-state index in [0.29, 0.717) is 10.6 Å². The van der Waals surface area contributed by atoms with E-state index in [1.54, 1.807) is 36.4 Å². The van der Waals surface area contributed by atoms with Gasteiger partial charge in [-0.1, -0.05) is 29.8 Å². The summed E-state index contributed by atoms with van der Waals surface area (Å²) in [4.78, 5) is 0. The van der Waals surface area contributed by atoms with Crippen LogP contribution in [0.1, 0.15) is 17.2 Å². The first kappa shape index (κ1) is 14.3. The molecular formula is C14H12BrClFNO. The maximum absolute atomic E-state index is 14.1. The summed E-state index contributed by atoms with van der Waals surface area (Å²) >= 11 is 9.26. The molecule has 2 nitrogen and oxygen atoms in total. The van der Waals surface area contributed by atoms with E-state index in [1.807, 2.05) is 0 Å². The van der Waals surface area contributed by atoms with Crippen molar-refractivity contribution in [2.24, 2.45) is 5.73 Å². The van der Waals surface area contributed by atoms with Crippen molar-refractivity contribution < 1.29 is 9.13 Å². The van der Waals surface area contributed by atoms with Gasteiger partial charge in [-0.15, -0.1) is 0 Å². The molecule has 0 saturated carbocycles. The van der Waals surface area contributed by atoms with Crippen molar-refractivity contribution in [2.75, 3.05) is 7.11 Å². The minimum Gasteiger partial charge on any atom is -0.494 e. The fourth-order valence-electron chi connectivity index (χ4n) is 1.81. The quantitative estimate of drug-likeness (QED) is 0.901. The SMILES string of the molecule is COc1cccc(C(N)c2ccc(Cl)c(Br)c2)c1F. The van der Waals surface area contributed by atoms with E-state index in [-0.39, 0.29) is 5.75 Å². The standard InChI is InChI=1S/C14H12BrClFNO/c1-19-12-4-2-3-9(13(12)17)14(18)8-5-6-11(16)10(15)7-8/h2-7,14H,18H2,1H3. The van der Waals surface area contributed by atoms with Crippen LogP contribution >= 0.6 is 27.5 Å². The van der Waals surface area contributed by atoms with Crippen LogP contribution in [0.4, 0.5) is 4.39 Å². The van der Waals surface area contributed by atoms with E-state index >= 15 is 0 Å². The third-order valence-electron chi connectivity index (χ3n) is 2.85. The molecule has 0 radical (unpaired) electrons. The highest BCUT2D eigenvalue weighted by Crippen LogP contribution is 2.31. The summed E-state index contributed by atoms with van der Waals surface area (Å²) in [5.74, 6) is -0.260. The lowest BCUT2D eigenvalue weighted by atomic mass is 9.99. The summed E-state index contributed by atoms with van der Waals surface area (Å²) in [7, 11) is 1.42. The van der Waals surface area contributed by atoms with E-state index in [0.717, 1.165) is 10.0 Å². The molecule has 0 aliphatic heterocycles. The van der Waals surface area contributed by atoms with Crippen molar-refractivity contribution in [2.45, 2.75) is 6.04 Å². The second-order valence-corrected chi connectivity index (χ2v) is 5.28. The van der Waals surface area contributed by atoms with E-state index in [4.69, 9.17) is 22.1 Å². The van der Waals surface area contributed by atoms with Crippen LogP contribution < -0.4 is 10.5 Å². The first-order chi connectivity index (χ1) is 9.04. The highest BCUT2D eigenvalue weighted by Gasteiger charge is 2.17. The van der Waals surface area contributed by atoms with E-state index in [9.17, 15) is 4.39 Å². The van der Waals surface area contributed by atoms with Crippen LogP contribution in [0.25, 0.3) is 0 Å². The van der Waals surface area contributed by atoms with Crippen LogP contribution in [-0.2, 0) is 0 Å². The van der Waals surface area contributed by atoms with Gasteiger partial charge < -0.3 is 10.5 Å². The predicted octanol–water partition coefficient (Wildman–Crippen LogP) is 4.30.